The van der Waals surface area contributed by atoms with E-state index in [9.17, 15) is 4.79 Å². The van der Waals surface area contributed by atoms with Crippen LogP contribution < -0.4 is 0 Å². The average Bonchev–Trinajstić information content (AvgIpc) is 2.21. The van der Waals surface area contributed by atoms with Gasteiger partial charge < -0.3 is 4.74 Å². The first-order valence-electron chi connectivity index (χ1n) is 5.61. The van der Waals surface area contributed by atoms with Crippen LogP contribution in [0.15, 0.2) is 12.2 Å². The highest BCUT2D eigenvalue weighted by Gasteiger charge is 1.96. The Hall–Kier alpha value is -0.790. The lowest BCUT2D eigenvalue weighted by molar-refractivity contribution is -0.143. The molecule has 0 spiro atoms. The maximum absolute atomic E-state index is 10.8. The van der Waals surface area contributed by atoms with Crippen molar-refractivity contribution in [1.29, 1.82) is 0 Å². The number of hydrogen-bond donors (Lipinski definition) is 0. The van der Waals surface area contributed by atoms with E-state index < -0.39 is 0 Å². The van der Waals surface area contributed by atoms with Gasteiger partial charge in [0.2, 0.25) is 0 Å². The lowest BCUT2D eigenvalue weighted by Crippen LogP contribution is -2.03. The molecule has 0 heterocycles. The Morgan fingerprint density at radius 1 is 1.14 bits per heavy atom. The molecular weight excluding hydrogens is 176 g/mol. The van der Waals surface area contributed by atoms with Crippen LogP contribution in [0.2, 0.25) is 0 Å². The van der Waals surface area contributed by atoms with E-state index in [1.807, 2.05) is 6.92 Å². The first-order valence-corrected chi connectivity index (χ1v) is 5.61. The van der Waals surface area contributed by atoms with E-state index in [0.717, 1.165) is 25.7 Å². The van der Waals surface area contributed by atoms with Gasteiger partial charge in [-0.05, 0) is 32.1 Å². The number of hydrogen-bond acceptors (Lipinski definition) is 2. The van der Waals surface area contributed by atoms with Crippen LogP contribution in [0.1, 0.15) is 52.4 Å². The van der Waals surface area contributed by atoms with E-state index in [1.54, 1.807) is 0 Å². The Morgan fingerprint density at radius 3 is 2.57 bits per heavy atom. The van der Waals surface area contributed by atoms with E-state index in [2.05, 4.69) is 19.1 Å². The maximum Gasteiger partial charge on any atom is 0.305 e. The van der Waals surface area contributed by atoms with Crippen molar-refractivity contribution >= 4 is 5.97 Å². The van der Waals surface area contributed by atoms with Crippen LogP contribution in [0.4, 0.5) is 0 Å². The predicted molar refractivity (Wildman–Crippen MR) is 59.1 cm³/mol. The third-order valence-corrected chi connectivity index (χ3v) is 1.97. The molecule has 0 aliphatic carbocycles. The minimum absolute atomic E-state index is 0.0871. The quantitative estimate of drug-likeness (QED) is 0.339. The smallest absolute Gasteiger partial charge is 0.305 e. The summed E-state index contributed by atoms with van der Waals surface area (Å²) in [7, 11) is 0. The van der Waals surface area contributed by atoms with Crippen LogP contribution in [0.5, 0.6) is 0 Å². The van der Waals surface area contributed by atoms with E-state index in [0.29, 0.717) is 13.0 Å². The fraction of sp³-hybridized carbons (Fsp3) is 0.750. The number of esters is 1. The number of unbranched alkanes of at least 4 members (excludes halogenated alkanes) is 3. The Labute approximate surface area is 87.3 Å². The molecule has 0 unspecified atom stereocenters. The van der Waals surface area contributed by atoms with Gasteiger partial charge in [0.25, 0.3) is 0 Å². The average molecular weight is 198 g/mol. The summed E-state index contributed by atoms with van der Waals surface area (Å²) in [6.07, 6.45) is 10.5. The second-order valence-electron chi connectivity index (χ2n) is 3.30. The molecule has 0 bridgehead atoms. The fourth-order valence-corrected chi connectivity index (χ4v) is 1.11. The molecule has 0 N–H and O–H groups in total. The normalized spacial score (nSPS) is 10.7. The molecule has 0 aromatic heterocycles. The van der Waals surface area contributed by atoms with Gasteiger partial charge in [0.1, 0.15) is 0 Å². The first-order chi connectivity index (χ1) is 6.81. The van der Waals surface area contributed by atoms with Crippen molar-refractivity contribution in [3.05, 3.63) is 12.2 Å². The summed E-state index contributed by atoms with van der Waals surface area (Å²) < 4.78 is 4.96. The van der Waals surface area contributed by atoms with Crippen LogP contribution in [0.25, 0.3) is 0 Å². The molecule has 0 fully saturated rings. The van der Waals surface area contributed by atoms with Gasteiger partial charge in [-0.1, -0.05) is 26.0 Å². The van der Waals surface area contributed by atoms with Crippen LogP contribution in [0.3, 0.4) is 0 Å². The van der Waals surface area contributed by atoms with Crippen molar-refractivity contribution in [1.82, 2.24) is 0 Å². The Bertz CT molecular complexity index is 162. The Morgan fingerprint density at radius 2 is 1.93 bits per heavy atom. The molecule has 0 amide bonds. The van der Waals surface area contributed by atoms with E-state index in [1.165, 1.54) is 6.42 Å². The summed E-state index contributed by atoms with van der Waals surface area (Å²) >= 11 is 0. The Kier molecular flexibility index (Phi) is 9.71. The lowest BCUT2D eigenvalue weighted by atomic mass is 10.2. The van der Waals surface area contributed by atoms with Gasteiger partial charge >= 0.3 is 5.97 Å². The summed E-state index contributed by atoms with van der Waals surface area (Å²) in [4.78, 5) is 10.8. The molecule has 0 saturated heterocycles. The minimum atomic E-state index is -0.0871. The van der Waals surface area contributed by atoms with E-state index in [4.69, 9.17) is 4.74 Å². The van der Waals surface area contributed by atoms with Crippen LogP contribution in [-0.4, -0.2) is 12.6 Å². The van der Waals surface area contributed by atoms with Crippen molar-refractivity contribution in [3.8, 4) is 0 Å². The fourth-order valence-electron chi connectivity index (χ4n) is 1.11. The molecule has 0 rings (SSSR count). The number of allylic oxidation sites excluding steroid dienone is 2. The molecule has 2 heteroatoms. The lowest BCUT2D eigenvalue weighted by Gasteiger charge is -2.01. The van der Waals surface area contributed by atoms with Gasteiger partial charge in [0.05, 0.1) is 6.61 Å². The van der Waals surface area contributed by atoms with Crippen molar-refractivity contribution in [2.75, 3.05) is 6.61 Å². The van der Waals surface area contributed by atoms with E-state index >= 15 is 0 Å². The van der Waals surface area contributed by atoms with Crippen molar-refractivity contribution in [2.45, 2.75) is 52.4 Å². The molecule has 2 nitrogen and oxygen atoms in total. The summed E-state index contributed by atoms with van der Waals surface area (Å²) in [5.41, 5.74) is 0. The third kappa shape index (κ3) is 9.30. The monoisotopic (exact) mass is 198 g/mol. The number of ether oxygens (including phenoxy) is 1. The van der Waals surface area contributed by atoms with Crippen molar-refractivity contribution in [2.24, 2.45) is 0 Å². The highest BCUT2D eigenvalue weighted by Crippen LogP contribution is 2.01. The van der Waals surface area contributed by atoms with Crippen molar-refractivity contribution in [3.63, 3.8) is 0 Å². The topological polar surface area (TPSA) is 26.3 Å². The molecule has 14 heavy (non-hydrogen) atoms. The van der Waals surface area contributed by atoms with Gasteiger partial charge in [-0.2, -0.15) is 0 Å². The number of carbonyl (C=O) groups is 1. The molecule has 0 aromatic carbocycles. The van der Waals surface area contributed by atoms with Gasteiger partial charge in [-0.15, -0.1) is 0 Å². The van der Waals surface area contributed by atoms with Crippen LogP contribution in [-0.2, 0) is 9.53 Å². The largest absolute Gasteiger partial charge is 0.466 e. The minimum Gasteiger partial charge on any atom is -0.466 e. The Balaban J connectivity index is 3.06. The first kappa shape index (κ1) is 13.2. The standard InChI is InChI=1S/C12H22O2/c1-3-5-6-7-8-9-10-11-14-12(13)4-2/h5-6H,3-4,7-11H2,1-2H3/b6-5+. The summed E-state index contributed by atoms with van der Waals surface area (Å²) in [6.45, 7) is 4.54. The molecule has 82 valence electrons. The summed E-state index contributed by atoms with van der Waals surface area (Å²) in [6, 6.07) is 0. The van der Waals surface area contributed by atoms with Gasteiger partial charge in [-0.25, -0.2) is 0 Å². The predicted octanol–water partition coefficient (Wildman–Crippen LogP) is 3.47. The molecule has 0 radical (unpaired) electrons. The molecule has 0 atom stereocenters. The van der Waals surface area contributed by atoms with Crippen molar-refractivity contribution < 1.29 is 9.53 Å². The second kappa shape index (κ2) is 10.3. The molecule has 0 aliphatic heterocycles. The molecular formula is C12H22O2. The number of rotatable bonds is 8. The maximum atomic E-state index is 10.8. The van der Waals surface area contributed by atoms with Crippen LogP contribution >= 0.6 is 0 Å². The van der Waals surface area contributed by atoms with Gasteiger partial charge in [0, 0.05) is 6.42 Å². The third-order valence-electron chi connectivity index (χ3n) is 1.97. The van der Waals surface area contributed by atoms with Gasteiger partial charge in [0.15, 0.2) is 0 Å². The highest BCUT2D eigenvalue weighted by molar-refractivity contribution is 5.68. The SMILES string of the molecule is CC/C=C/CCCCCOC(=O)CC. The number of carbonyl (C=O) groups excluding carboxylic acids is 1. The zero-order valence-electron chi connectivity index (χ0n) is 9.42. The van der Waals surface area contributed by atoms with Gasteiger partial charge in [-0.3, -0.25) is 4.79 Å². The second-order valence-corrected chi connectivity index (χ2v) is 3.30. The zero-order valence-corrected chi connectivity index (χ0v) is 9.42. The van der Waals surface area contributed by atoms with Crippen LogP contribution in [0, 0.1) is 0 Å². The molecule has 0 saturated carbocycles. The highest BCUT2D eigenvalue weighted by atomic mass is 16.5. The molecule has 0 aromatic rings. The zero-order chi connectivity index (χ0) is 10.6. The summed E-state index contributed by atoms with van der Waals surface area (Å²) in [5.74, 6) is -0.0871. The van der Waals surface area contributed by atoms with E-state index in [-0.39, 0.29) is 5.97 Å². The molecule has 0 aliphatic rings. The summed E-state index contributed by atoms with van der Waals surface area (Å²) in [5, 5.41) is 0.